The van der Waals surface area contributed by atoms with E-state index >= 15 is 0 Å². The number of nitrogen functional groups attached to an aromatic ring is 1. The van der Waals surface area contributed by atoms with Crippen LogP contribution in [-0.4, -0.2) is 32.6 Å². The molecule has 0 aliphatic rings. The van der Waals surface area contributed by atoms with Gasteiger partial charge in [-0.2, -0.15) is 5.10 Å². The minimum Gasteiger partial charge on any atom is -0.334 e. The second kappa shape index (κ2) is 8.78. The van der Waals surface area contributed by atoms with Gasteiger partial charge in [-0.1, -0.05) is 58.0 Å². The van der Waals surface area contributed by atoms with E-state index in [9.17, 15) is 9.18 Å². The molecule has 0 bridgehead atoms. The van der Waals surface area contributed by atoms with Gasteiger partial charge in [0, 0.05) is 15.6 Å². The number of aromatic nitrogens is 3. The zero-order valence-corrected chi connectivity index (χ0v) is 16.2. The highest BCUT2D eigenvalue weighted by molar-refractivity contribution is 9.10. The monoisotopic (exact) mass is 448 g/mol. The molecular weight excluding hydrogens is 435 g/mol. The molecule has 0 spiro atoms. The van der Waals surface area contributed by atoms with E-state index in [1.54, 1.807) is 42.5 Å². The lowest BCUT2D eigenvalue weighted by molar-refractivity contribution is 0.102. The Kier molecular flexibility index (Phi) is 6.20. The molecule has 3 rings (SSSR count). The van der Waals surface area contributed by atoms with Gasteiger partial charge in [0.15, 0.2) is 5.78 Å². The van der Waals surface area contributed by atoms with Gasteiger partial charge in [0.25, 0.3) is 5.95 Å². The van der Waals surface area contributed by atoms with Crippen molar-refractivity contribution in [2.75, 3.05) is 17.0 Å². The molecule has 10 heteroatoms. The first-order chi connectivity index (χ1) is 13.0. The molecule has 0 amide bonds. The SMILES string of the molecule is Nn1c(N/N=C/c2ccccc2F)nnc1SCC(=O)c1ccc(Br)cc1. The Morgan fingerprint density at radius 3 is 2.74 bits per heavy atom. The lowest BCUT2D eigenvalue weighted by atomic mass is 10.2. The third kappa shape index (κ3) is 4.92. The van der Waals surface area contributed by atoms with Crippen molar-refractivity contribution in [3.63, 3.8) is 0 Å². The van der Waals surface area contributed by atoms with E-state index in [0.717, 1.165) is 16.2 Å². The van der Waals surface area contributed by atoms with Crippen LogP contribution in [0.2, 0.25) is 0 Å². The molecule has 7 nitrogen and oxygen atoms in total. The fourth-order valence-electron chi connectivity index (χ4n) is 2.04. The topological polar surface area (TPSA) is 98.2 Å². The van der Waals surface area contributed by atoms with Crippen LogP contribution in [0.3, 0.4) is 0 Å². The quantitative estimate of drug-likeness (QED) is 0.189. The number of ketones is 1. The largest absolute Gasteiger partial charge is 0.334 e. The zero-order chi connectivity index (χ0) is 19.2. The van der Waals surface area contributed by atoms with E-state index < -0.39 is 0 Å². The van der Waals surface area contributed by atoms with Crippen LogP contribution in [0.5, 0.6) is 0 Å². The van der Waals surface area contributed by atoms with Crippen molar-refractivity contribution in [2.45, 2.75) is 5.16 Å². The number of anilines is 1. The number of hydrogen-bond acceptors (Lipinski definition) is 7. The van der Waals surface area contributed by atoms with Gasteiger partial charge in [0.05, 0.1) is 12.0 Å². The molecule has 0 aliphatic heterocycles. The maximum Gasteiger partial charge on any atom is 0.264 e. The third-order valence-corrected chi connectivity index (χ3v) is 4.91. The summed E-state index contributed by atoms with van der Waals surface area (Å²) in [7, 11) is 0. The number of hydrazone groups is 1. The maximum atomic E-state index is 13.5. The lowest BCUT2D eigenvalue weighted by Crippen LogP contribution is -2.14. The fraction of sp³-hybridized carbons (Fsp3) is 0.0588. The number of nitrogens with two attached hydrogens (primary N) is 1. The molecule has 0 aliphatic carbocycles. The average Bonchev–Trinajstić information content (AvgIpc) is 3.02. The summed E-state index contributed by atoms with van der Waals surface area (Å²) < 4.78 is 15.6. The van der Waals surface area contributed by atoms with E-state index in [0.29, 0.717) is 16.3 Å². The van der Waals surface area contributed by atoms with Crippen molar-refractivity contribution < 1.29 is 9.18 Å². The highest BCUT2D eigenvalue weighted by Gasteiger charge is 2.13. The summed E-state index contributed by atoms with van der Waals surface area (Å²) in [5.41, 5.74) is 3.52. The molecular formula is C17H14BrFN6OS. The van der Waals surface area contributed by atoms with E-state index in [1.165, 1.54) is 17.0 Å². The fourth-order valence-corrected chi connectivity index (χ4v) is 3.06. The first-order valence-corrected chi connectivity index (χ1v) is 9.48. The van der Waals surface area contributed by atoms with Crippen LogP contribution in [-0.2, 0) is 0 Å². The number of hydrogen-bond donors (Lipinski definition) is 2. The first kappa shape index (κ1) is 19.1. The number of carbonyl (C=O) groups excluding carboxylic acids is 1. The molecule has 3 aromatic rings. The van der Waals surface area contributed by atoms with Crippen molar-refractivity contribution in [3.05, 3.63) is 69.9 Å². The number of nitrogens with zero attached hydrogens (tertiary/aromatic N) is 4. The number of carbonyl (C=O) groups is 1. The number of thioether (sulfide) groups is 1. The molecule has 2 aromatic carbocycles. The predicted octanol–water partition coefficient (Wildman–Crippen LogP) is 3.31. The van der Waals surface area contributed by atoms with Gasteiger partial charge >= 0.3 is 0 Å². The Labute approximate surface area is 167 Å². The van der Waals surface area contributed by atoms with E-state index in [-0.39, 0.29) is 23.3 Å². The summed E-state index contributed by atoms with van der Waals surface area (Å²) in [5.74, 6) is 5.79. The predicted molar refractivity (Wildman–Crippen MR) is 107 cm³/mol. The summed E-state index contributed by atoms with van der Waals surface area (Å²) in [5, 5.41) is 12.0. The maximum absolute atomic E-state index is 13.5. The Morgan fingerprint density at radius 1 is 1.26 bits per heavy atom. The van der Waals surface area contributed by atoms with Crippen LogP contribution >= 0.6 is 27.7 Å². The Hall–Kier alpha value is -2.72. The number of Topliss-reactive ketones (excluding diaryl/α,β-unsaturated/α-hetero) is 1. The molecule has 1 heterocycles. The first-order valence-electron chi connectivity index (χ1n) is 7.70. The molecule has 138 valence electrons. The number of nitrogens with one attached hydrogen (secondary N) is 1. The number of rotatable bonds is 7. The summed E-state index contributed by atoms with van der Waals surface area (Å²) in [4.78, 5) is 12.2. The lowest BCUT2D eigenvalue weighted by Gasteiger charge is -2.03. The highest BCUT2D eigenvalue weighted by atomic mass is 79.9. The molecule has 0 unspecified atom stereocenters. The minimum absolute atomic E-state index is 0.0532. The molecule has 0 radical (unpaired) electrons. The summed E-state index contributed by atoms with van der Waals surface area (Å²) in [6, 6.07) is 13.3. The van der Waals surface area contributed by atoms with Crippen molar-refractivity contribution in [3.8, 4) is 0 Å². The Morgan fingerprint density at radius 2 is 2.00 bits per heavy atom. The normalized spacial score (nSPS) is 11.0. The molecule has 3 N–H and O–H groups in total. The van der Waals surface area contributed by atoms with Crippen LogP contribution in [0.1, 0.15) is 15.9 Å². The van der Waals surface area contributed by atoms with E-state index in [4.69, 9.17) is 5.84 Å². The highest BCUT2D eigenvalue weighted by Crippen LogP contribution is 2.19. The van der Waals surface area contributed by atoms with E-state index in [1.807, 2.05) is 0 Å². The van der Waals surface area contributed by atoms with Crippen LogP contribution in [0.4, 0.5) is 10.3 Å². The Bertz CT molecular complexity index is 976. The van der Waals surface area contributed by atoms with Gasteiger partial charge in [-0.25, -0.2) is 14.5 Å². The second-order valence-electron chi connectivity index (χ2n) is 5.29. The summed E-state index contributed by atoms with van der Waals surface area (Å²) in [6.45, 7) is 0. The molecule has 27 heavy (non-hydrogen) atoms. The van der Waals surface area contributed by atoms with Gasteiger partial charge < -0.3 is 5.84 Å². The second-order valence-corrected chi connectivity index (χ2v) is 7.14. The molecule has 0 fully saturated rings. The molecule has 0 atom stereocenters. The van der Waals surface area contributed by atoms with Crippen molar-refractivity contribution in [1.82, 2.24) is 14.9 Å². The molecule has 1 aromatic heterocycles. The molecule has 0 saturated heterocycles. The standard InChI is InChI=1S/C17H14BrFN6OS/c18-13-7-5-11(6-8-13)15(26)10-27-17-24-23-16(25(17)20)22-21-9-12-3-1-2-4-14(12)19/h1-9H,10,20H2,(H,22,23)/b21-9+. The smallest absolute Gasteiger partial charge is 0.264 e. The van der Waals surface area contributed by atoms with Crippen molar-refractivity contribution >= 4 is 45.6 Å². The minimum atomic E-state index is -0.389. The van der Waals surface area contributed by atoms with Crippen LogP contribution < -0.4 is 11.3 Å². The van der Waals surface area contributed by atoms with Crippen LogP contribution in [0.15, 0.2) is 63.3 Å². The van der Waals surface area contributed by atoms with Gasteiger partial charge in [-0.3, -0.25) is 4.79 Å². The van der Waals surface area contributed by atoms with Gasteiger partial charge in [-0.15, -0.1) is 10.2 Å². The van der Waals surface area contributed by atoms with E-state index in [2.05, 4.69) is 36.7 Å². The number of halogens is 2. The van der Waals surface area contributed by atoms with Crippen LogP contribution in [0, 0.1) is 5.82 Å². The zero-order valence-electron chi connectivity index (χ0n) is 13.8. The van der Waals surface area contributed by atoms with Crippen molar-refractivity contribution in [1.29, 1.82) is 0 Å². The van der Waals surface area contributed by atoms with Gasteiger partial charge in [-0.05, 0) is 18.2 Å². The Balaban J connectivity index is 1.59. The van der Waals surface area contributed by atoms with Gasteiger partial charge in [0.2, 0.25) is 5.16 Å². The third-order valence-electron chi connectivity index (χ3n) is 3.44. The summed E-state index contributed by atoms with van der Waals surface area (Å²) in [6.07, 6.45) is 1.31. The molecule has 0 saturated carbocycles. The van der Waals surface area contributed by atoms with Crippen molar-refractivity contribution in [2.24, 2.45) is 5.10 Å². The van der Waals surface area contributed by atoms with Crippen LogP contribution in [0.25, 0.3) is 0 Å². The average molecular weight is 449 g/mol. The number of benzene rings is 2. The summed E-state index contributed by atoms with van der Waals surface area (Å²) >= 11 is 4.49. The van der Waals surface area contributed by atoms with Gasteiger partial charge in [0.1, 0.15) is 5.82 Å².